The molecule has 1 fully saturated rings. The SMILES string of the molecule is C=C/C=C\C=C\C(=O)NCC#CC(/C=C/CN1OC(CO)C(C(C)O)C1C(=O)NCCCN(C)/C=C/C=C(/Cl)C=C)=C/C=C. The van der Waals surface area contributed by atoms with Gasteiger partial charge in [-0.2, -0.15) is 5.06 Å². The van der Waals surface area contributed by atoms with Crippen LogP contribution in [0.2, 0.25) is 0 Å². The second kappa shape index (κ2) is 22.6. The van der Waals surface area contributed by atoms with Gasteiger partial charge in [0.1, 0.15) is 12.1 Å². The van der Waals surface area contributed by atoms with Crippen molar-refractivity contribution >= 4 is 23.4 Å². The molecule has 1 aliphatic heterocycles. The van der Waals surface area contributed by atoms with E-state index in [2.05, 4.69) is 42.2 Å². The number of aliphatic hydroxyl groups is 2. The van der Waals surface area contributed by atoms with Crippen LogP contribution < -0.4 is 10.6 Å². The van der Waals surface area contributed by atoms with E-state index in [-0.39, 0.29) is 31.5 Å². The molecule has 0 aromatic heterocycles. The van der Waals surface area contributed by atoms with E-state index >= 15 is 0 Å². The highest BCUT2D eigenvalue weighted by Gasteiger charge is 2.48. The lowest BCUT2D eigenvalue weighted by Crippen LogP contribution is -2.49. The average molecular weight is 625 g/mol. The maximum atomic E-state index is 13.3. The van der Waals surface area contributed by atoms with E-state index in [9.17, 15) is 19.8 Å². The van der Waals surface area contributed by atoms with Crippen LogP contribution >= 0.6 is 11.6 Å². The number of hydrogen-bond donors (Lipinski definition) is 4. The Morgan fingerprint density at radius 1 is 1.11 bits per heavy atom. The molecule has 1 rings (SSSR count). The van der Waals surface area contributed by atoms with Crippen LogP contribution in [0.25, 0.3) is 0 Å². The summed E-state index contributed by atoms with van der Waals surface area (Å²) in [6, 6.07) is -0.817. The van der Waals surface area contributed by atoms with E-state index in [1.165, 1.54) is 11.1 Å². The summed E-state index contributed by atoms with van der Waals surface area (Å²) in [4.78, 5) is 32.9. The van der Waals surface area contributed by atoms with Gasteiger partial charge < -0.3 is 25.7 Å². The standard InChI is InChI=1S/C34H45ClN4O5/c1-6-9-10-11-20-31(42)36-21-12-17-28(16-7-2)18-13-25-39-33(32(27(4)41)30(26-40)44-39)34(43)37-22-15-24-38(5)23-14-19-29(35)8-3/h6-11,13-14,16,18-20,23,27,30,32-33,40-41H,1-3,15,21-22,24-26H2,4-5H3,(H,36,42)(H,37,43)/b10-9-,18-13+,20-11+,23-14+,28-16-,29-19+. The van der Waals surface area contributed by atoms with Crippen LogP contribution in [0.5, 0.6) is 0 Å². The topological polar surface area (TPSA) is 114 Å². The molecule has 44 heavy (non-hydrogen) atoms. The van der Waals surface area contributed by atoms with Gasteiger partial charge in [0.2, 0.25) is 11.8 Å². The molecule has 1 saturated heterocycles. The fraction of sp³-hybridized carbons (Fsp3) is 0.353. The lowest BCUT2D eigenvalue weighted by Gasteiger charge is -2.26. The first-order valence-electron chi connectivity index (χ1n) is 14.3. The molecule has 0 saturated carbocycles. The van der Waals surface area contributed by atoms with Gasteiger partial charge in [0.25, 0.3) is 0 Å². The third kappa shape index (κ3) is 15.0. The summed E-state index contributed by atoms with van der Waals surface area (Å²) < 4.78 is 0. The maximum Gasteiger partial charge on any atom is 0.244 e. The van der Waals surface area contributed by atoms with E-state index in [4.69, 9.17) is 16.4 Å². The average Bonchev–Trinajstić information content (AvgIpc) is 3.38. The molecule has 10 heteroatoms. The number of aliphatic hydroxyl groups excluding tert-OH is 2. The van der Waals surface area contributed by atoms with Crippen molar-refractivity contribution < 1.29 is 24.6 Å². The molecule has 4 N–H and O–H groups in total. The first kappa shape index (κ1) is 38.1. The van der Waals surface area contributed by atoms with Crippen molar-refractivity contribution in [2.75, 3.05) is 39.8 Å². The van der Waals surface area contributed by atoms with Gasteiger partial charge in [0.05, 0.1) is 19.3 Å². The molecular weight excluding hydrogens is 580 g/mol. The molecule has 0 aromatic rings. The number of hydrogen-bond acceptors (Lipinski definition) is 7. The van der Waals surface area contributed by atoms with Crippen LogP contribution in [-0.2, 0) is 14.4 Å². The van der Waals surface area contributed by atoms with Gasteiger partial charge >= 0.3 is 0 Å². The van der Waals surface area contributed by atoms with Crippen molar-refractivity contribution in [3.05, 3.63) is 109 Å². The Hall–Kier alpha value is -3.91. The molecule has 0 bridgehead atoms. The monoisotopic (exact) mass is 624 g/mol. The quantitative estimate of drug-likeness (QED) is 0.0801. The van der Waals surface area contributed by atoms with Crippen LogP contribution in [-0.4, -0.2) is 90.1 Å². The summed E-state index contributed by atoms with van der Waals surface area (Å²) in [5, 5.41) is 28.0. The Morgan fingerprint density at radius 2 is 1.89 bits per heavy atom. The first-order valence-corrected chi connectivity index (χ1v) is 14.6. The van der Waals surface area contributed by atoms with Crippen molar-refractivity contribution in [3.63, 3.8) is 0 Å². The maximum absolute atomic E-state index is 13.3. The fourth-order valence-corrected chi connectivity index (χ4v) is 4.21. The van der Waals surface area contributed by atoms with Crippen molar-refractivity contribution in [2.45, 2.75) is 31.6 Å². The van der Waals surface area contributed by atoms with Crippen molar-refractivity contribution in [2.24, 2.45) is 5.92 Å². The number of carbonyl (C=O) groups excluding carboxylic acids is 2. The number of halogens is 1. The summed E-state index contributed by atoms with van der Waals surface area (Å²) in [6.07, 6.45) is 20.9. The number of nitrogens with one attached hydrogen (secondary N) is 2. The number of nitrogens with zero attached hydrogens (tertiary/aromatic N) is 2. The first-order chi connectivity index (χ1) is 21.2. The zero-order chi connectivity index (χ0) is 32.7. The lowest BCUT2D eigenvalue weighted by molar-refractivity contribution is -0.170. The summed E-state index contributed by atoms with van der Waals surface area (Å²) in [5.41, 5.74) is 0.630. The molecule has 0 spiro atoms. The Morgan fingerprint density at radius 3 is 2.55 bits per heavy atom. The molecule has 9 nitrogen and oxygen atoms in total. The number of allylic oxidation sites excluding steroid dienone is 12. The van der Waals surface area contributed by atoms with Crippen molar-refractivity contribution in [3.8, 4) is 11.8 Å². The van der Waals surface area contributed by atoms with Crippen LogP contribution in [0.4, 0.5) is 0 Å². The lowest BCUT2D eigenvalue weighted by atomic mass is 9.89. The van der Waals surface area contributed by atoms with Gasteiger partial charge in [0.15, 0.2) is 0 Å². The number of hydroxylamine groups is 2. The minimum atomic E-state index is -0.895. The van der Waals surface area contributed by atoms with Crippen molar-refractivity contribution in [1.29, 1.82) is 0 Å². The highest BCUT2D eigenvalue weighted by atomic mass is 35.5. The van der Waals surface area contributed by atoms with E-state index in [1.807, 2.05) is 24.2 Å². The van der Waals surface area contributed by atoms with E-state index in [1.54, 1.807) is 67.7 Å². The molecular formula is C34H45ClN4O5. The Balaban J connectivity index is 2.82. The van der Waals surface area contributed by atoms with E-state index in [0.29, 0.717) is 30.1 Å². The molecule has 4 atom stereocenters. The second-order valence-electron chi connectivity index (χ2n) is 9.67. The van der Waals surface area contributed by atoms with Crippen LogP contribution in [0.1, 0.15) is 13.3 Å². The zero-order valence-electron chi connectivity index (χ0n) is 25.6. The minimum absolute atomic E-state index is 0.148. The number of carbonyl (C=O) groups is 2. The summed E-state index contributed by atoms with van der Waals surface area (Å²) in [6.45, 7) is 13.6. The second-order valence-corrected chi connectivity index (χ2v) is 10.1. The molecule has 0 radical (unpaired) electrons. The molecule has 0 aromatic carbocycles. The van der Waals surface area contributed by atoms with Gasteiger partial charge in [-0.3, -0.25) is 14.4 Å². The minimum Gasteiger partial charge on any atom is -0.394 e. The smallest absolute Gasteiger partial charge is 0.244 e. The van der Waals surface area contributed by atoms with Gasteiger partial charge in [-0.25, -0.2) is 0 Å². The fourth-order valence-electron chi connectivity index (χ4n) is 4.14. The predicted molar refractivity (Wildman–Crippen MR) is 178 cm³/mol. The van der Waals surface area contributed by atoms with Gasteiger partial charge in [-0.1, -0.05) is 85.7 Å². The normalized spacial score (nSPS) is 20.2. The molecule has 238 valence electrons. The molecule has 2 amide bonds. The van der Waals surface area contributed by atoms with Crippen LogP contribution in [0.15, 0.2) is 109 Å². The third-order valence-corrected chi connectivity index (χ3v) is 6.51. The largest absolute Gasteiger partial charge is 0.394 e. The van der Waals surface area contributed by atoms with Crippen molar-refractivity contribution in [1.82, 2.24) is 20.6 Å². The Kier molecular flexibility index (Phi) is 19.6. The van der Waals surface area contributed by atoms with Gasteiger partial charge in [0, 0.05) is 49.3 Å². The summed E-state index contributed by atoms with van der Waals surface area (Å²) in [7, 11) is 1.92. The third-order valence-electron chi connectivity index (χ3n) is 6.23. The van der Waals surface area contributed by atoms with Crippen LogP contribution in [0, 0.1) is 17.8 Å². The Labute approximate surface area is 266 Å². The zero-order valence-corrected chi connectivity index (χ0v) is 26.3. The summed E-state index contributed by atoms with van der Waals surface area (Å²) >= 11 is 5.90. The van der Waals surface area contributed by atoms with Gasteiger partial charge in [-0.05, 0) is 43.8 Å². The number of amides is 2. The molecule has 4 unspecified atom stereocenters. The molecule has 0 aliphatic carbocycles. The molecule has 1 aliphatic rings. The van der Waals surface area contributed by atoms with E-state index in [0.717, 1.165) is 0 Å². The highest BCUT2D eigenvalue weighted by molar-refractivity contribution is 6.31. The highest BCUT2D eigenvalue weighted by Crippen LogP contribution is 2.30. The van der Waals surface area contributed by atoms with Crippen LogP contribution in [0.3, 0.4) is 0 Å². The summed E-state index contributed by atoms with van der Waals surface area (Å²) in [5.74, 6) is 4.65. The van der Waals surface area contributed by atoms with E-state index < -0.39 is 24.2 Å². The molecule has 1 heterocycles. The van der Waals surface area contributed by atoms with Gasteiger partial charge in [-0.15, -0.1) is 0 Å². The predicted octanol–water partition coefficient (Wildman–Crippen LogP) is 3.31. The Bertz CT molecular complexity index is 1210. The number of rotatable bonds is 18.